The second-order valence-corrected chi connectivity index (χ2v) is 5.79. The summed E-state index contributed by atoms with van der Waals surface area (Å²) >= 11 is 0. The van der Waals surface area contributed by atoms with E-state index < -0.39 is 12.9 Å². The lowest BCUT2D eigenvalue weighted by Gasteiger charge is -2.42. The van der Waals surface area contributed by atoms with Gasteiger partial charge in [-0.25, -0.2) is 4.39 Å². The van der Waals surface area contributed by atoms with Gasteiger partial charge in [-0.2, -0.15) is 0 Å². The molecule has 1 aliphatic rings. The first kappa shape index (κ1) is 15.4. The molecule has 2 atom stereocenters. The Hall–Kier alpha value is -0.945. The minimum absolute atomic E-state index is 0.0577. The van der Waals surface area contributed by atoms with E-state index in [1.54, 1.807) is 6.07 Å². The third-order valence-corrected chi connectivity index (χ3v) is 4.18. The molecule has 2 unspecified atom stereocenters. The number of benzene rings is 1. The van der Waals surface area contributed by atoms with Gasteiger partial charge in [0.05, 0.1) is 0 Å². The van der Waals surface area contributed by atoms with Crippen molar-refractivity contribution in [1.82, 2.24) is 9.80 Å². The second kappa shape index (κ2) is 6.22. The molecule has 1 aliphatic heterocycles. The molecule has 1 aromatic rings. The highest BCUT2D eigenvalue weighted by Gasteiger charge is 2.26. The average Bonchev–Trinajstić information content (AvgIpc) is 2.38. The van der Waals surface area contributed by atoms with Gasteiger partial charge in [-0.3, -0.25) is 9.80 Å². The summed E-state index contributed by atoms with van der Waals surface area (Å²) in [6.07, 6.45) is 0. The van der Waals surface area contributed by atoms with Gasteiger partial charge < -0.3 is 10.0 Å². The van der Waals surface area contributed by atoms with Crippen LogP contribution in [0.5, 0.6) is 0 Å². The molecule has 0 amide bonds. The Bertz CT molecular complexity index is 460. The van der Waals surface area contributed by atoms with Crippen molar-refractivity contribution in [2.24, 2.45) is 0 Å². The van der Waals surface area contributed by atoms with E-state index in [0.717, 1.165) is 18.7 Å². The molecule has 20 heavy (non-hydrogen) atoms. The van der Waals surface area contributed by atoms with Crippen molar-refractivity contribution in [2.45, 2.75) is 32.5 Å². The van der Waals surface area contributed by atoms with Gasteiger partial charge in [0.1, 0.15) is 5.82 Å². The number of hydrogen-bond donors (Lipinski definition) is 2. The van der Waals surface area contributed by atoms with Gasteiger partial charge in [0.2, 0.25) is 0 Å². The van der Waals surface area contributed by atoms with Gasteiger partial charge >= 0.3 is 7.12 Å². The maximum absolute atomic E-state index is 13.4. The minimum atomic E-state index is -1.76. The predicted molar refractivity (Wildman–Crippen MR) is 78.2 cm³/mol. The Morgan fingerprint density at radius 3 is 2.40 bits per heavy atom. The SMILES string of the molecule is CC1CN(Cc2ccc(F)c(B(O)O)c2)CC(C)N1C. The molecule has 110 valence electrons. The third kappa shape index (κ3) is 3.38. The monoisotopic (exact) mass is 280 g/mol. The van der Waals surface area contributed by atoms with E-state index in [2.05, 4.69) is 30.7 Å². The Balaban J connectivity index is 2.09. The van der Waals surface area contributed by atoms with Crippen LogP contribution in [0.2, 0.25) is 0 Å². The summed E-state index contributed by atoms with van der Waals surface area (Å²) in [5.74, 6) is -0.580. The summed E-state index contributed by atoms with van der Waals surface area (Å²) in [5, 5.41) is 18.3. The van der Waals surface area contributed by atoms with Crippen LogP contribution in [0.1, 0.15) is 19.4 Å². The van der Waals surface area contributed by atoms with Crippen molar-refractivity contribution in [3.63, 3.8) is 0 Å². The number of nitrogens with zero attached hydrogens (tertiary/aromatic N) is 2. The maximum Gasteiger partial charge on any atom is 0.491 e. The summed E-state index contributed by atoms with van der Waals surface area (Å²) in [6, 6.07) is 5.49. The standard InChI is InChI=1S/C14H22BFN2O2/c1-10-7-18(8-11(2)17(10)3)9-12-4-5-14(16)13(6-12)15(19)20/h4-6,10-11,19-20H,7-9H2,1-3H3. The molecule has 6 heteroatoms. The highest BCUT2D eigenvalue weighted by atomic mass is 19.1. The van der Waals surface area contributed by atoms with E-state index in [9.17, 15) is 4.39 Å². The summed E-state index contributed by atoms with van der Waals surface area (Å²) in [5.41, 5.74) is 0.844. The van der Waals surface area contributed by atoms with E-state index in [4.69, 9.17) is 10.0 Å². The smallest absolute Gasteiger partial charge is 0.423 e. The molecular weight excluding hydrogens is 258 g/mol. The van der Waals surface area contributed by atoms with Crippen molar-refractivity contribution in [3.05, 3.63) is 29.6 Å². The molecule has 1 fully saturated rings. The molecule has 1 heterocycles. The lowest BCUT2D eigenvalue weighted by atomic mass is 9.79. The van der Waals surface area contributed by atoms with Crippen LogP contribution in [0.15, 0.2) is 18.2 Å². The van der Waals surface area contributed by atoms with E-state index in [0.29, 0.717) is 18.6 Å². The highest BCUT2D eigenvalue weighted by Crippen LogP contribution is 2.16. The van der Waals surface area contributed by atoms with Crippen LogP contribution in [0, 0.1) is 5.82 Å². The third-order valence-electron chi connectivity index (χ3n) is 4.18. The zero-order valence-corrected chi connectivity index (χ0v) is 12.3. The first-order valence-electron chi connectivity index (χ1n) is 6.97. The van der Waals surface area contributed by atoms with Crippen LogP contribution in [0.4, 0.5) is 4.39 Å². The lowest BCUT2D eigenvalue weighted by Crippen LogP contribution is -2.54. The highest BCUT2D eigenvalue weighted by molar-refractivity contribution is 6.58. The average molecular weight is 280 g/mol. The van der Waals surface area contributed by atoms with E-state index >= 15 is 0 Å². The summed E-state index contributed by atoms with van der Waals surface area (Å²) in [6.45, 7) is 6.99. The maximum atomic E-state index is 13.4. The first-order chi connectivity index (χ1) is 9.38. The van der Waals surface area contributed by atoms with E-state index in [1.807, 2.05) is 0 Å². The van der Waals surface area contributed by atoms with Gasteiger partial charge in [0.15, 0.2) is 0 Å². The van der Waals surface area contributed by atoms with Crippen LogP contribution in [-0.2, 0) is 6.54 Å². The number of hydrogen-bond acceptors (Lipinski definition) is 4. The Morgan fingerprint density at radius 1 is 1.25 bits per heavy atom. The molecule has 1 aromatic carbocycles. The summed E-state index contributed by atoms with van der Waals surface area (Å²) < 4.78 is 13.4. The van der Waals surface area contributed by atoms with Gasteiger partial charge in [-0.15, -0.1) is 0 Å². The van der Waals surface area contributed by atoms with Gasteiger partial charge in [-0.05, 0) is 32.5 Å². The normalized spacial score (nSPS) is 24.9. The van der Waals surface area contributed by atoms with Crippen LogP contribution < -0.4 is 5.46 Å². The lowest BCUT2D eigenvalue weighted by molar-refractivity contribution is 0.0556. The van der Waals surface area contributed by atoms with Crippen molar-refractivity contribution < 1.29 is 14.4 Å². The molecule has 2 N–H and O–H groups in total. The van der Waals surface area contributed by atoms with Crippen LogP contribution in [0.25, 0.3) is 0 Å². The number of halogens is 1. The Labute approximate surface area is 120 Å². The Morgan fingerprint density at radius 2 is 1.85 bits per heavy atom. The minimum Gasteiger partial charge on any atom is -0.423 e. The molecule has 4 nitrogen and oxygen atoms in total. The molecule has 0 spiro atoms. The van der Waals surface area contributed by atoms with Crippen molar-refractivity contribution in [2.75, 3.05) is 20.1 Å². The molecule has 0 aromatic heterocycles. The fraction of sp³-hybridized carbons (Fsp3) is 0.571. The fourth-order valence-corrected chi connectivity index (χ4v) is 2.79. The van der Waals surface area contributed by atoms with Crippen LogP contribution in [-0.4, -0.2) is 59.2 Å². The Kier molecular flexibility index (Phi) is 4.80. The summed E-state index contributed by atoms with van der Waals surface area (Å²) in [4.78, 5) is 4.67. The number of likely N-dealkylation sites (N-methyl/N-ethyl adjacent to an activating group) is 1. The van der Waals surface area contributed by atoms with Gasteiger partial charge in [0.25, 0.3) is 0 Å². The molecule has 0 saturated carbocycles. The first-order valence-corrected chi connectivity index (χ1v) is 6.97. The summed E-state index contributed by atoms with van der Waals surface area (Å²) in [7, 11) is 0.366. The van der Waals surface area contributed by atoms with Crippen LogP contribution >= 0.6 is 0 Å². The molecular formula is C14H22BFN2O2. The van der Waals surface area contributed by atoms with Crippen molar-refractivity contribution in [3.8, 4) is 0 Å². The zero-order chi connectivity index (χ0) is 14.9. The van der Waals surface area contributed by atoms with Crippen molar-refractivity contribution >= 4 is 12.6 Å². The largest absolute Gasteiger partial charge is 0.491 e. The molecule has 2 rings (SSSR count). The quantitative estimate of drug-likeness (QED) is 0.767. The van der Waals surface area contributed by atoms with E-state index in [1.165, 1.54) is 12.1 Å². The number of piperazine rings is 1. The second-order valence-electron chi connectivity index (χ2n) is 5.79. The van der Waals surface area contributed by atoms with Gasteiger partial charge in [0, 0.05) is 37.2 Å². The van der Waals surface area contributed by atoms with Crippen LogP contribution in [0.3, 0.4) is 0 Å². The predicted octanol–water partition coefficient (Wildman–Crippen LogP) is 0.0299. The van der Waals surface area contributed by atoms with Crippen molar-refractivity contribution in [1.29, 1.82) is 0 Å². The van der Waals surface area contributed by atoms with Gasteiger partial charge in [-0.1, -0.05) is 12.1 Å². The zero-order valence-electron chi connectivity index (χ0n) is 12.3. The van der Waals surface area contributed by atoms with E-state index in [-0.39, 0.29) is 5.46 Å². The molecule has 0 radical (unpaired) electrons. The molecule has 0 aliphatic carbocycles. The fourth-order valence-electron chi connectivity index (χ4n) is 2.79. The molecule has 1 saturated heterocycles. The molecule has 0 bridgehead atoms. The number of rotatable bonds is 3. The topological polar surface area (TPSA) is 46.9 Å².